The van der Waals surface area contributed by atoms with Gasteiger partial charge in [0.25, 0.3) is 11.8 Å². The van der Waals surface area contributed by atoms with E-state index in [4.69, 9.17) is 19.9 Å². The predicted molar refractivity (Wildman–Crippen MR) is 94.3 cm³/mol. The number of nitrogens with one attached hydrogen (secondary N) is 2. The number of urea groups is 1. The number of carbonyl (C=O) groups is 4. The van der Waals surface area contributed by atoms with E-state index in [-0.39, 0.29) is 5.56 Å². The lowest BCUT2D eigenvalue weighted by Crippen LogP contribution is -2.46. The summed E-state index contributed by atoms with van der Waals surface area (Å²) in [6.45, 7) is 2.77. The van der Waals surface area contributed by atoms with Crippen LogP contribution in [0.2, 0.25) is 0 Å². The number of ether oxygens (including phenoxy) is 3. The monoisotopic (exact) mass is 381 g/mol. The summed E-state index contributed by atoms with van der Waals surface area (Å²) in [6, 6.07) is 3.48. The summed E-state index contributed by atoms with van der Waals surface area (Å²) in [5, 5.41) is 4.23. The molecule has 1 aromatic carbocycles. The SMILES string of the molecule is COc1cc(OC)cc(C(=O)NCC(=O)O[C@@H](C(=O)NC(N)=O)C(C)C)c1. The Hall–Kier alpha value is -3.30. The topological polar surface area (TPSA) is 146 Å². The van der Waals surface area contributed by atoms with E-state index in [1.165, 1.54) is 26.4 Å². The maximum absolute atomic E-state index is 12.2. The van der Waals surface area contributed by atoms with Crippen molar-refractivity contribution < 1.29 is 33.4 Å². The van der Waals surface area contributed by atoms with Crippen molar-refractivity contribution in [2.45, 2.75) is 20.0 Å². The van der Waals surface area contributed by atoms with E-state index in [9.17, 15) is 19.2 Å². The smallest absolute Gasteiger partial charge is 0.326 e. The van der Waals surface area contributed by atoms with Gasteiger partial charge in [0.05, 0.1) is 14.2 Å². The lowest BCUT2D eigenvalue weighted by Gasteiger charge is -2.20. The van der Waals surface area contributed by atoms with Crippen LogP contribution in [0.1, 0.15) is 24.2 Å². The van der Waals surface area contributed by atoms with E-state index in [0.717, 1.165) is 0 Å². The first-order valence-electron chi connectivity index (χ1n) is 7.99. The number of nitrogens with two attached hydrogens (primary N) is 1. The van der Waals surface area contributed by atoms with Crippen molar-refractivity contribution in [3.8, 4) is 11.5 Å². The third kappa shape index (κ3) is 6.84. The Morgan fingerprint density at radius 2 is 1.59 bits per heavy atom. The first kappa shape index (κ1) is 21.7. The number of esters is 1. The third-order valence-corrected chi connectivity index (χ3v) is 3.38. The molecular formula is C17H23N3O7. The highest BCUT2D eigenvalue weighted by Crippen LogP contribution is 2.22. The number of primary amides is 1. The zero-order valence-electron chi connectivity index (χ0n) is 15.5. The number of rotatable bonds is 8. The van der Waals surface area contributed by atoms with Crippen LogP contribution in [0.5, 0.6) is 11.5 Å². The van der Waals surface area contributed by atoms with Gasteiger partial charge in [-0.25, -0.2) is 4.79 Å². The molecule has 0 saturated heterocycles. The zero-order chi connectivity index (χ0) is 20.6. The minimum absolute atomic E-state index is 0.214. The van der Waals surface area contributed by atoms with Crippen LogP contribution in [-0.2, 0) is 14.3 Å². The third-order valence-electron chi connectivity index (χ3n) is 3.38. The van der Waals surface area contributed by atoms with Gasteiger partial charge < -0.3 is 25.3 Å². The van der Waals surface area contributed by atoms with E-state index in [0.29, 0.717) is 11.5 Å². The fourth-order valence-corrected chi connectivity index (χ4v) is 2.06. The molecular weight excluding hydrogens is 358 g/mol. The van der Waals surface area contributed by atoms with E-state index in [2.05, 4.69) is 5.32 Å². The van der Waals surface area contributed by atoms with Gasteiger partial charge in [0.1, 0.15) is 18.0 Å². The first-order valence-corrected chi connectivity index (χ1v) is 7.99. The largest absolute Gasteiger partial charge is 0.497 e. The van der Waals surface area contributed by atoms with E-state index >= 15 is 0 Å². The first-order chi connectivity index (χ1) is 12.7. The highest BCUT2D eigenvalue weighted by atomic mass is 16.5. The Balaban J connectivity index is 2.71. The Morgan fingerprint density at radius 3 is 2.04 bits per heavy atom. The Labute approximate surface area is 156 Å². The number of benzene rings is 1. The van der Waals surface area contributed by atoms with Crippen molar-refractivity contribution in [3.63, 3.8) is 0 Å². The molecule has 0 spiro atoms. The lowest BCUT2D eigenvalue weighted by molar-refractivity contribution is -0.157. The normalized spacial score (nSPS) is 11.3. The summed E-state index contributed by atoms with van der Waals surface area (Å²) >= 11 is 0. The molecule has 0 radical (unpaired) electrons. The summed E-state index contributed by atoms with van der Waals surface area (Å²) in [5.74, 6) is -1.85. The van der Waals surface area contributed by atoms with Crippen LogP contribution in [0, 0.1) is 5.92 Å². The zero-order valence-corrected chi connectivity index (χ0v) is 15.5. The van der Waals surface area contributed by atoms with E-state index in [1.54, 1.807) is 19.9 Å². The second kappa shape index (κ2) is 10.00. The number of carbonyl (C=O) groups excluding carboxylic acids is 4. The highest BCUT2D eigenvalue weighted by Gasteiger charge is 2.27. The average molecular weight is 381 g/mol. The van der Waals surface area contributed by atoms with Crippen LogP contribution >= 0.6 is 0 Å². The van der Waals surface area contributed by atoms with Gasteiger partial charge >= 0.3 is 12.0 Å². The van der Waals surface area contributed by atoms with Gasteiger partial charge in [-0.2, -0.15) is 0 Å². The predicted octanol–water partition coefficient (Wildman–Crippen LogP) is 0.196. The van der Waals surface area contributed by atoms with Crippen LogP contribution in [-0.4, -0.2) is 50.7 Å². The lowest BCUT2D eigenvalue weighted by atomic mass is 10.1. The van der Waals surface area contributed by atoms with Crippen molar-refractivity contribution in [1.82, 2.24) is 10.6 Å². The summed E-state index contributed by atoms with van der Waals surface area (Å²) in [5.41, 5.74) is 5.10. The Bertz CT molecular complexity index is 696. The molecule has 0 aliphatic heterocycles. The minimum atomic E-state index is -1.22. The van der Waals surface area contributed by atoms with Crippen molar-refractivity contribution in [2.24, 2.45) is 11.7 Å². The molecule has 0 fully saturated rings. The van der Waals surface area contributed by atoms with E-state index in [1.807, 2.05) is 5.32 Å². The molecule has 0 aliphatic rings. The van der Waals surface area contributed by atoms with Gasteiger partial charge in [0.15, 0.2) is 6.10 Å². The molecule has 10 heteroatoms. The van der Waals surface area contributed by atoms with Crippen molar-refractivity contribution >= 4 is 23.8 Å². The highest BCUT2D eigenvalue weighted by molar-refractivity contribution is 5.98. The molecule has 10 nitrogen and oxygen atoms in total. The standard InChI is InChI=1S/C17H23N3O7/c1-9(2)14(16(23)20-17(18)24)27-13(21)8-19-15(22)10-5-11(25-3)7-12(6-10)26-4/h5-7,9,14H,8H2,1-4H3,(H,19,22)(H3,18,20,23,24)/t14-/m1/s1. The Kier molecular flexibility index (Phi) is 8.05. The Morgan fingerprint density at radius 1 is 1.04 bits per heavy atom. The maximum atomic E-state index is 12.2. The van der Waals surface area contributed by atoms with Gasteiger partial charge in [0.2, 0.25) is 0 Å². The summed E-state index contributed by atoms with van der Waals surface area (Å²) in [4.78, 5) is 46.8. The van der Waals surface area contributed by atoms with Gasteiger partial charge in [-0.05, 0) is 18.1 Å². The molecule has 0 saturated carbocycles. The van der Waals surface area contributed by atoms with Crippen LogP contribution < -0.4 is 25.8 Å². The van der Waals surface area contributed by atoms with E-state index < -0.39 is 42.4 Å². The molecule has 1 atom stereocenters. The average Bonchev–Trinajstić information content (AvgIpc) is 2.62. The minimum Gasteiger partial charge on any atom is -0.497 e. The van der Waals surface area contributed by atoms with Crippen LogP contribution in [0.3, 0.4) is 0 Å². The molecule has 4 N–H and O–H groups in total. The number of hydrogen-bond acceptors (Lipinski definition) is 7. The fourth-order valence-electron chi connectivity index (χ4n) is 2.06. The summed E-state index contributed by atoms with van der Waals surface area (Å²) < 4.78 is 15.2. The number of imide groups is 1. The second-order valence-electron chi connectivity index (χ2n) is 5.79. The number of hydrogen-bond donors (Lipinski definition) is 3. The molecule has 1 rings (SSSR count). The van der Waals surface area contributed by atoms with Crippen molar-refractivity contribution in [1.29, 1.82) is 0 Å². The van der Waals surface area contributed by atoms with Gasteiger partial charge in [0, 0.05) is 11.6 Å². The number of amides is 4. The van der Waals surface area contributed by atoms with Gasteiger partial charge in [-0.15, -0.1) is 0 Å². The fraction of sp³-hybridized carbons (Fsp3) is 0.412. The van der Waals surface area contributed by atoms with Crippen LogP contribution in [0.15, 0.2) is 18.2 Å². The number of methoxy groups -OCH3 is 2. The van der Waals surface area contributed by atoms with Crippen LogP contribution in [0.4, 0.5) is 4.79 Å². The quantitative estimate of drug-likeness (QED) is 0.545. The maximum Gasteiger partial charge on any atom is 0.326 e. The van der Waals surface area contributed by atoms with Crippen LogP contribution in [0.25, 0.3) is 0 Å². The molecule has 0 unspecified atom stereocenters. The molecule has 0 aromatic heterocycles. The van der Waals surface area contributed by atoms with Gasteiger partial charge in [-0.1, -0.05) is 13.8 Å². The molecule has 1 aromatic rings. The van der Waals surface area contributed by atoms with Gasteiger partial charge in [-0.3, -0.25) is 19.7 Å². The second-order valence-corrected chi connectivity index (χ2v) is 5.79. The molecule has 148 valence electrons. The molecule has 27 heavy (non-hydrogen) atoms. The van der Waals surface area contributed by atoms with Crippen molar-refractivity contribution in [3.05, 3.63) is 23.8 Å². The molecule has 4 amide bonds. The van der Waals surface area contributed by atoms with Crippen molar-refractivity contribution in [2.75, 3.05) is 20.8 Å². The molecule has 0 bridgehead atoms. The molecule has 0 heterocycles. The summed E-state index contributed by atoms with van der Waals surface area (Å²) in [7, 11) is 2.88. The summed E-state index contributed by atoms with van der Waals surface area (Å²) in [6.07, 6.45) is -1.22. The molecule has 0 aliphatic carbocycles.